The molecule has 0 radical (unpaired) electrons. The minimum Gasteiger partial charge on any atom is -0.563 e. The Bertz CT molecular complexity index is 648. The minimum atomic E-state index is -3.83. The second-order valence-corrected chi connectivity index (χ2v) is 6.79. The Hall–Kier alpha value is -1.27. The molecular formula is C13H16LiN3O2S. The van der Waals surface area contributed by atoms with Gasteiger partial charge in [0.1, 0.15) is 10.0 Å². The zero-order valence-corrected chi connectivity index (χ0v) is 13.2. The molecule has 0 bridgehead atoms. The van der Waals surface area contributed by atoms with E-state index in [2.05, 4.69) is 15.4 Å². The van der Waals surface area contributed by atoms with Gasteiger partial charge >= 0.3 is 18.9 Å². The number of nitrogens with zero attached hydrogens (tertiary/aromatic N) is 3. The third kappa shape index (κ3) is 5.01. The van der Waals surface area contributed by atoms with Gasteiger partial charge in [0.05, 0.1) is 4.90 Å². The number of allylic oxidation sites excluding steroid dienone is 1. The Kier molecular flexibility index (Phi) is 6.50. The van der Waals surface area contributed by atoms with E-state index in [1.807, 2.05) is 6.92 Å². The smallest absolute Gasteiger partial charge is 0.563 e. The number of hydrogen-bond acceptors (Lipinski definition) is 2. The fraction of sp³-hybridized carbons (Fsp3) is 0.385. The number of rotatable bonds is 3. The Balaban J connectivity index is 0.00000361. The van der Waals surface area contributed by atoms with Crippen LogP contribution in [0.4, 0.5) is 0 Å². The van der Waals surface area contributed by atoms with Crippen molar-refractivity contribution in [1.29, 1.82) is 0 Å². The van der Waals surface area contributed by atoms with E-state index in [-0.39, 0.29) is 29.5 Å². The standard InChI is InChI=1S/C13H16N3O2S.Li/c1-10-5-7-11(8-6-10)19(17,18)16-12(9-15-14)13(2,3)4;/h5-8H,1-4H3;/q-1;+1. The van der Waals surface area contributed by atoms with Crippen LogP contribution in [0, 0.1) is 12.3 Å². The summed E-state index contributed by atoms with van der Waals surface area (Å²) >= 11 is 0. The Morgan fingerprint density at radius 1 is 1.25 bits per heavy atom. The molecule has 0 aromatic heterocycles. The van der Waals surface area contributed by atoms with Gasteiger partial charge in [0.15, 0.2) is 0 Å². The van der Waals surface area contributed by atoms with Gasteiger partial charge in [-0.15, -0.1) is 4.79 Å². The third-order valence-electron chi connectivity index (χ3n) is 2.40. The SMILES string of the molecule is Cc1ccc(S(=O)(=O)[N-]C(=C=[N+]=[N-])C(C)(C)C)cc1.[Li+]. The number of sulfonamides is 1. The van der Waals surface area contributed by atoms with E-state index in [1.54, 1.807) is 32.9 Å². The van der Waals surface area contributed by atoms with Crippen LogP contribution in [0.1, 0.15) is 26.3 Å². The maximum atomic E-state index is 12.1. The second kappa shape index (κ2) is 6.94. The summed E-state index contributed by atoms with van der Waals surface area (Å²) in [7, 11) is -3.83. The number of hydrogen-bond donors (Lipinski definition) is 0. The molecule has 0 aliphatic heterocycles. The fourth-order valence-corrected chi connectivity index (χ4v) is 2.40. The average molecular weight is 285 g/mol. The Morgan fingerprint density at radius 3 is 2.15 bits per heavy atom. The normalized spacial score (nSPS) is 10.8. The first-order valence-corrected chi connectivity index (χ1v) is 7.13. The molecule has 1 rings (SSSR count). The zero-order valence-electron chi connectivity index (χ0n) is 12.4. The monoisotopic (exact) mass is 285 g/mol. The minimum absolute atomic E-state index is 0. The molecular weight excluding hydrogens is 269 g/mol. The Labute approximate surface area is 131 Å². The largest absolute Gasteiger partial charge is 1.00 e. The summed E-state index contributed by atoms with van der Waals surface area (Å²) in [5, 5.41) is 0. The fourth-order valence-electron chi connectivity index (χ4n) is 1.26. The van der Waals surface area contributed by atoms with Crippen LogP contribution < -0.4 is 18.9 Å². The molecule has 1 aromatic rings. The van der Waals surface area contributed by atoms with Crippen LogP contribution in [-0.4, -0.2) is 19.1 Å². The summed E-state index contributed by atoms with van der Waals surface area (Å²) in [6, 6.07) is 6.38. The van der Waals surface area contributed by atoms with E-state index < -0.39 is 15.4 Å². The topological polar surface area (TPSA) is 84.6 Å². The molecule has 5 nitrogen and oxygen atoms in total. The summed E-state index contributed by atoms with van der Waals surface area (Å²) < 4.78 is 27.9. The zero-order chi connectivity index (χ0) is 14.7. The number of aryl methyl sites for hydroxylation is 1. The van der Waals surface area contributed by atoms with E-state index in [0.717, 1.165) is 5.56 Å². The van der Waals surface area contributed by atoms with Crippen LogP contribution >= 0.6 is 0 Å². The van der Waals surface area contributed by atoms with Crippen molar-refractivity contribution in [2.75, 3.05) is 0 Å². The van der Waals surface area contributed by atoms with Crippen LogP contribution in [0.25, 0.3) is 10.3 Å². The molecule has 0 aliphatic carbocycles. The predicted octanol–water partition coefficient (Wildman–Crippen LogP) is -0.109. The van der Waals surface area contributed by atoms with Crippen LogP contribution in [0.2, 0.25) is 0 Å². The van der Waals surface area contributed by atoms with Crippen LogP contribution in [0.15, 0.2) is 34.9 Å². The van der Waals surface area contributed by atoms with Gasteiger partial charge in [-0.3, -0.25) is 0 Å². The molecule has 0 fully saturated rings. The summed E-state index contributed by atoms with van der Waals surface area (Å²) in [6.07, 6.45) is 0. The van der Waals surface area contributed by atoms with Gasteiger partial charge in [-0.2, -0.15) is 0 Å². The average Bonchev–Trinajstić information content (AvgIpc) is 2.27. The van der Waals surface area contributed by atoms with E-state index in [1.165, 1.54) is 12.1 Å². The molecule has 0 spiro atoms. The summed E-state index contributed by atoms with van der Waals surface area (Å²) in [4.78, 5) is 2.85. The van der Waals surface area contributed by atoms with Gasteiger partial charge in [-0.05, 0) is 30.2 Å². The second-order valence-electron chi connectivity index (χ2n) is 5.19. The van der Waals surface area contributed by atoms with Crippen molar-refractivity contribution >= 4 is 15.9 Å². The molecule has 1 aromatic carbocycles. The van der Waals surface area contributed by atoms with Gasteiger partial charge < -0.3 is 10.3 Å². The maximum absolute atomic E-state index is 12.1. The molecule has 102 valence electrons. The van der Waals surface area contributed by atoms with Crippen molar-refractivity contribution < 1.29 is 32.1 Å². The molecule has 0 heterocycles. The Morgan fingerprint density at radius 2 is 1.75 bits per heavy atom. The van der Waals surface area contributed by atoms with Gasteiger partial charge in [-0.1, -0.05) is 38.5 Å². The van der Waals surface area contributed by atoms with E-state index in [4.69, 9.17) is 5.53 Å². The van der Waals surface area contributed by atoms with Crippen molar-refractivity contribution in [1.82, 2.24) is 0 Å². The van der Waals surface area contributed by atoms with Crippen molar-refractivity contribution in [2.45, 2.75) is 32.6 Å². The molecule has 0 saturated heterocycles. The van der Waals surface area contributed by atoms with Crippen molar-refractivity contribution in [3.05, 3.63) is 45.8 Å². The van der Waals surface area contributed by atoms with Crippen molar-refractivity contribution in [2.24, 2.45) is 5.41 Å². The molecule has 0 saturated carbocycles. The summed E-state index contributed by atoms with van der Waals surface area (Å²) in [5.74, 6) is 2.21. The van der Waals surface area contributed by atoms with Crippen molar-refractivity contribution in [3.63, 3.8) is 0 Å². The quantitative estimate of drug-likeness (QED) is 0.336. The molecule has 0 aliphatic rings. The van der Waals surface area contributed by atoms with Gasteiger partial charge in [-0.25, -0.2) is 8.42 Å². The molecule has 0 unspecified atom stereocenters. The van der Waals surface area contributed by atoms with Crippen LogP contribution in [-0.2, 0) is 10.0 Å². The van der Waals surface area contributed by atoms with Crippen LogP contribution in [0.5, 0.6) is 0 Å². The number of benzene rings is 1. The van der Waals surface area contributed by atoms with Gasteiger partial charge in [0.25, 0.3) is 5.87 Å². The molecule has 7 heteroatoms. The van der Waals surface area contributed by atoms with Gasteiger partial charge in [0.2, 0.25) is 0 Å². The van der Waals surface area contributed by atoms with Crippen molar-refractivity contribution in [3.8, 4) is 0 Å². The molecule has 0 atom stereocenters. The third-order valence-corrected chi connectivity index (χ3v) is 3.69. The van der Waals surface area contributed by atoms with Crippen LogP contribution in [0.3, 0.4) is 0 Å². The first-order chi connectivity index (χ1) is 8.66. The van der Waals surface area contributed by atoms with E-state index in [0.29, 0.717) is 0 Å². The first-order valence-electron chi connectivity index (χ1n) is 5.69. The molecule has 0 N–H and O–H groups in total. The summed E-state index contributed by atoms with van der Waals surface area (Å²) in [5.41, 5.74) is 8.97. The van der Waals surface area contributed by atoms with E-state index in [9.17, 15) is 8.42 Å². The molecule has 0 amide bonds. The van der Waals surface area contributed by atoms with Gasteiger partial charge in [0, 0.05) is 0 Å². The molecule has 20 heavy (non-hydrogen) atoms. The summed E-state index contributed by atoms with van der Waals surface area (Å²) in [6.45, 7) is 7.14. The predicted molar refractivity (Wildman–Crippen MR) is 73.3 cm³/mol. The first kappa shape index (κ1) is 18.7. The van der Waals surface area contributed by atoms with E-state index >= 15 is 0 Å². The maximum Gasteiger partial charge on any atom is 1.00 e.